The maximum Gasteiger partial charge on any atom is 0.117 e. The highest BCUT2D eigenvalue weighted by atomic mass is 32.1. The summed E-state index contributed by atoms with van der Waals surface area (Å²) in [5.41, 5.74) is 2.69. The third-order valence-corrected chi connectivity index (χ3v) is 4.19. The van der Waals surface area contributed by atoms with Crippen LogP contribution in [0.2, 0.25) is 0 Å². The minimum Gasteiger partial charge on any atom is -0.390 e. The Kier molecular flexibility index (Phi) is 3.62. The van der Waals surface area contributed by atoms with E-state index in [1.165, 1.54) is 5.56 Å². The summed E-state index contributed by atoms with van der Waals surface area (Å²) in [6, 6.07) is 14.3. The third kappa shape index (κ3) is 2.26. The molecule has 1 atom stereocenters. The highest BCUT2D eigenvalue weighted by Crippen LogP contribution is 2.30. The molecule has 0 spiro atoms. The lowest BCUT2D eigenvalue weighted by atomic mass is 10.1. The summed E-state index contributed by atoms with van der Waals surface area (Å²) < 4.78 is 1.88. The maximum atomic E-state index is 9.47. The largest absolute Gasteiger partial charge is 0.390 e. The number of aromatic nitrogens is 3. The Hall–Kier alpha value is -1.98. The number of rotatable bonds is 4. The lowest BCUT2D eigenvalue weighted by molar-refractivity contribution is 0.277. The van der Waals surface area contributed by atoms with E-state index in [0.29, 0.717) is 5.69 Å². The van der Waals surface area contributed by atoms with E-state index in [1.54, 1.807) is 11.3 Å². The van der Waals surface area contributed by atoms with E-state index in [4.69, 9.17) is 0 Å². The molecule has 1 unspecified atom stereocenters. The van der Waals surface area contributed by atoms with Gasteiger partial charge in [0.2, 0.25) is 0 Å². The second-order valence-electron chi connectivity index (χ2n) is 4.55. The van der Waals surface area contributed by atoms with Crippen LogP contribution in [0.1, 0.15) is 24.2 Å². The molecule has 2 heterocycles. The number of aliphatic hydroxyl groups excluding tert-OH is 1. The van der Waals surface area contributed by atoms with Crippen molar-refractivity contribution in [1.29, 1.82) is 0 Å². The van der Waals surface area contributed by atoms with Crippen LogP contribution in [0.15, 0.2) is 47.8 Å². The Morgan fingerprint density at radius 1 is 1.20 bits per heavy atom. The van der Waals surface area contributed by atoms with Gasteiger partial charge < -0.3 is 5.11 Å². The minimum absolute atomic E-state index is 0.0705. The smallest absolute Gasteiger partial charge is 0.117 e. The molecule has 0 aliphatic carbocycles. The number of aliphatic hydroxyl groups is 1. The summed E-state index contributed by atoms with van der Waals surface area (Å²) in [6.45, 7) is 1.98. The molecular weight excluding hydrogens is 270 g/mol. The van der Waals surface area contributed by atoms with Crippen molar-refractivity contribution in [2.24, 2.45) is 0 Å². The summed E-state index contributed by atoms with van der Waals surface area (Å²) in [4.78, 5) is 1.07. The molecule has 0 bridgehead atoms. The van der Waals surface area contributed by atoms with Gasteiger partial charge in [-0.2, -0.15) is 0 Å². The molecular formula is C15H15N3OS. The topological polar surface area (TPSA) is 50.9 Å². The average Bonchev–Trinajstić information content (AvgIpc) is 3.15. The normalized spacial score (nSPS) is 12.5. The van der Waals surface area contributed by atoms with E-state index >= 15 is 0 Å². The van der Waals surface area contributed by atoms with Crippen molar-refractivity contribution in [1.82, 2.24) is 15.0 Å². The van der Waals surface area contributed by atoms with Crippen molar-refractivity contribution < 1.29 is 5.11 Å². The fraction of sp³-hybridized carbons (Fsp3) is 0.200. The van der Waals surface area contributed by atoms with Crippen molar-refractivity contribution in [3.05, 3.63) is 59.1 Å². The third-order valence-electron chi connectivity index (χ3n) is 3.32. The summed E-state index contributed by atoms with van der Waals surface area (Å²) in [6.07, 6.45) is 0. The van der Waals surface area contributed by atoms with Crippen molar-refractivity contribution in [2.45, 2.75) is 19.6 Å². The summed E-state index contributed by atoms with van der Waals surface area (Å²) in [5.74, 6) is 0. The van der Waals surface area contributed by atoms with Gasteiger partial charge >= 0.3 is 0 Å². The summed E-state index contributed by atoms with van der Waals surface area (Å²) in [5, 5.41) is 19.8. The number of hydrogen-bond donors (Lipinski definition) is 1. The van der Waals surface area contributed by atoms with Crippen molar-refractivity contribution in [3.8, 4) is 10.6 Å². The molecule has 0 aliphatic heterocycles. The Balaban J connectivity index is 2.09. The molecule has 0 amide bonds. The van der Waals surface area contributed by atoms with Gasteiger partial charge in [-0.05, 0) is 23.9 Å². The van der Waals surface area contributed by atoms with Gasteiger partial charge in [0, 0.05) is 0 Å². The highest BCUT2D eigenvalue weighted by molar-refractivity contribution is 7.13. The molecule has 5 heteroatoms. The van der Waals surface area contributed by atoms with E-state index in [-0.39, 0.29) is 12.6 Å². The molecule has 2 aromatic heterocycles. The van der Waals surface area contributed by atoms with Crippen LogP contribution in [-0.2, 0) is 6.61 Å². The van der Waals surface area contributed by atoms with Gasteiger partial charge in [0.25, 0.3) is 0 Å². The van der Waals surface area contributed by atoms with Gasteiger partial charge in [-0.15, -0.1) is 16.4 Å². The highest BCUT2D eigenvalue weighted by Gasteiger charge is 2.19. The zero-order valence-corrected chi connectivity index (χ0v) is 11.9. The first kappa shape index (κ1) is 13.0. The van der Waals surface area contributed by atoms with Crippen LogP contribution >= 0.6 is 11.3 Å². The van der Waals surface area contributed by atoms with Gasteiger partial charge in [-0.25, -0.2) is 4.68 Å². The first-order valence-corrected chi connectivity index (χ1v) is 7.33. The second-order valence-corrected chi connectivity index (χ2v) is 5.50. The predicted octanol–water partition coefficient (Wildman–Crippen LogP) is 3.11. The summed E-state index contributed by atoms with van der Waals surface area (Å²) in [7, 11) is 0. The lowest BCUT2D eigenvalue weighted by Gasteiger charge is -2.15. The molecule has 0 fully saturated rings. The van der Waals surface area contributed by atoms with Crippen LogP contribution in [0.3, 0.4) is 0 Å². The van der Waals surface area contributed by atoms with Crippen LogP contribution < -0.4 is 0 Å². The quantitative estimate of drug-likeness (QED) is 0.801. The fourth-order valence-corrected chi connectivity index (χ4v) is 3.03. The van der Waals surface area contributed by atoms with Gasteiger partial charge in [0.05, 0.1) is 17.5 Å². The van der Waals surface area contributed by atoms with E-state index in [0.717, 1.165) is 10.6 Å². The van der Waals surface area contributed by atoms with E-state index in [1.807, 2.05) is 40.4 Å². The van der Waals surface area contributed by atoms with Crippen LogP contribution in [0.4, 0.5) is 0 Å². The Morgan fingerprint density at radius 2 is 2.00 bits per heavy atom. The molecule has 102 valence electrons. The molecule has 20 heavy (non-hydrogen) atoms. The Bertz CT molecular complexity index is 676. The van der Waals surface area contributed by atoms with Crippen LogP contribution in [-0.4, -0.2) is 20.1 Å². The first-order chi connectivity index (χ1) is 9.81. The van der Waals surface area contributed by atoms with Crippen LogP contribution in [0.25, 0.3) is 10.6 Å². The number of benzene rings is 1. The van der Waals surface area contributed by atoms with Crippen molar-refractivity contribution in [3.63, 3.8) is 0 Å². The van der Waals surface area contributed by atoms with Gasteiger partial charge in [-0.3, -0.25) is 0 Å². The first-order valence-electron chi connectivity index (χ1n) is 6.45. The van der Waals surface area contributed by atoms with E-state index in [9.17, 15) is 5.11 Å². The molecule has 1 aromatic carbocycles. The van der Waals surface area contributed by atoms with Gasteiger partial charge in [0.15, 0.2) is 0 Å². The van der Waals surface area contributed by atoms with Gasteiger partial charge in [0.1, 0.15) is 11.4 Å². The molecule has 0 radical (unpaired) electrons. The molecule has 0 aliphatic rings. The zero-order valence-electron chi connectivity index (χ0n) is 11.1. The molecule has 0 saturated heterocycles. The van der Waals surface area contributed by atoms with Crippen molar-refractivity contribution >= 4 is 11.3 Å². The standard InChI is InChI=1S/C15H15N3OS/c1-11(12-6-3-2-4-7-12)18-15(13(10-19)16-17-18)14-8-5-9-20-14/h2-9,11,19H,10H2,1H3. The monoisotopic (exact) mass is 285 g/mol. The molecule has 3 rings (SSSR count). The van der Waals surface area contributed by atoms with Crippen molar-refractivity contribution in [2.75, 3.05) is 0 Å². The number of hydrogen-bond acceptors (Lipinski definition) is 4. The predicted molar refractivity (Wildman–Crippen MR) is 79.5 cm³/mol. The molecule has 4 nitrogen and oxygen atoms in total. The molecule has 1 N–H and O–H groups in total. The van der Waals surface area contributed by atoms with Crippen LogP contribution in [0, 0.1) is 0 Å². The lowest BCUT2D eigenvalue weighted by Crippen LogP contribution is -2.10. The molecule has 3 aromatic rings. The number of thiophene rings is 1. The van der Waals surface area contributed by atoms with E-state index < -0.39 is 0 Å². The zero-order chi connectivity index (χ0) is 13.9. The van der Waals surface area contributed by atoms with E-state index in [2.05, 4.69) is 29.4 Å². The SMILES string of the molecule is CC(c1ccccc1)n1nnc(CO)c1-c1cccs1. The fourth-order valence-electron chi connectivity index (χ4n) is 2.25. The Labute approximate surface area is 121 Å². The average molecular weight is 285 g/mol. The summed E-state index contributed by atoms with van der Waals surface area (Å²) >= 11 is 1.63. The van der Waals surface area contributed by atoms with Crippen LogP contribution in [0.5, 0.6) is 0 Å². The Morgan fingerprint density at radius 3 is 2.65 bits per heavy atom. The minimum atomic E-state index is -0.102. The molecule has 0 saturated carbocycles. The van der Waals surface area contributed by atoms with Gasteiger partial charge in [-0.1, -0.05) is 41.6 Å². The second kappa shape index (κ2) is 5.56. The maximum absolute atomic E-state index is 9.47. The number of nitrogens with zero attached hydrogens (tertiary/aromatic N) is 3.